The molecule has 4 fully saturated rings. The molecule has 0 bridgehead atoms. The van der Waals surface area contributed by atoms with E-state index >= 15 is 0 Å². The van der Waals surface area contributed by atoms with Gasteiger partial charge in [0.25, 0.3) is 0 Å². The van der Waals surface area contributed by atoms with Crippen molar-refractivity contribution in [3.05, 3.63) is 12.2 Å². The Kier molecular flexibility index (Phi) is 6.39. The Morgan fingerprint density at radius 3 is 2.15 bits per heavy atom. The van der Waals surface area contributed by atoms with Crippen molar-refractivity contribution in [1.29, 1.82) is 0 Å². The zero-order valence-electron chi connectivity index (χ0n) is 22.0. The normalized spacial score (nSPS) is 47.7. The van der Waals surface area contributed by atoms with Gasteiger partial charge in [-0.05, 0) is 126 Å². The molecule has 0 aromatic rings. The van der Waals surface area contributed by atoms with Gasteiger partial charge in [-0.2, -0.15) is 0 Å². The van der Waals surface area contributed by atoms with E-state index in [1.54, 1.807) is 0 Å². The number of aliphatic carboxylic acids is 1. The topological polar surface area (TPSA) is 66.8 Å². The van der Waals surface area contributed by atoms with Gasteiger partial charge >= 0.3 is 5.97 Å². The van der Waals surface area contributed by atoms with Gasteiger partial charge in [0.05, 0.1) is 17.3 Å². The molecule has 1 saturated heterocycles. The minimum Gasteiger partial charge on any atom is -0.481 e. The summed E-state index contributed by atoms with van der Waals surface area (Å²) in [7, 11) is 0. The van der Waals surface area contributed by atoms with Gasteiger partial charge in [0.1, 0.15) is 0 Å². The standard InChI is InChI=1S/C29H48O4/c1-18(2)19-8-9-21-20(27(19,5)16-14-25(30)31)10-11-22-23(12-15-28(21,22)6)29(7)17-13-24(33-29)26(3,4)32/h19-24,32H,1,8-17H2,2-7H3,(H,30,31)/t19-,20+,21-,22+,23+,24+,27+,28-,29+/m1/s1. The number of carboxylic acid groups (broad SMARTS) is 1. The third-order valence-corrected chi connectivity index (χ3v) is 11.2. The summed E-state index contributed by atoms with van der Waals surface area (Å²) >= 11 is 0. The van der Waals surface area contributed by atoms with E-state index in [2.05, 4.69) is 34.3 Å². The van der Waals surface area contributed by atoms with Crippen LogP contribution in [0, 0.1) is 40.4 Å². The molecule has 4 rings (SSSR count). The molecule has 3 aliphatic carbocycles. The van der Waals surface area contributed by atoms with Crippen molar-refractivity contribution >= 4 is 5.97 Å². The molecular formula is C29H48O4. The van der Waals surface area contributed by atoms with Crippen LogP contribution in [0.1, 0.15) is 106 Å². The second-order valence-electron chi connectivity index (χ2n) is 13.5. The van der Waals surface area contributed by atoms with Crippen molar-refractivity contribution in [3.63, 3.8) is 0 Å². The lowest BCUT2D eigenvalue weighted by Gasteiger charge is -2.61. The minimum atomic E-state index is -0.787. The highest BCUT2D eigenvalue weighted by Crippen LogP contribution is 2.69. The lowest BCUT2D eigenvalue weighted by atomic mass is 9.44. The maximum atomic E-state index is 11.5. The molecule has 188 valence electrons. The Labute approximate surface area is 201 Å². The summed E-state index contributed by atoms with van der Waals surface area (Å²) in [6.45, 7) is 17.5. The van der Waals surface area contributed by atoms with Gasteiger partial charge < -0.3 is 14.9 Å². The van der Waals surface area contributed by atoms with Crippen LogP contribution in [-0.4, -0.2) is 33.5 Å². The van der Waals surface area contributed by atoms with E-state index in [4.69, 9.17) is 4.74 Å². The monoisotopic (exact) mass is 460 g/mol. The van der Waals surface area contributed by atoms with Crippen LogP contribution < -0.4 is 0 Å². The summed E-state index contributed by atoms with van der Waals surface area (Å²) in [5.41, 5.74) is 0.643. The van der Waals surface area contributed by atoms with Crippen LogP contribution in [0.15, 0.2) is 12.2 Å². The molecule has 0 radical (unpaired) electrons. The number of fused-ring (bicyclic) bond motifs is 3. The van der Waals surface area contributed by atoms with Crippen LogP contribution >= 0.6 is 0 Å². The summed E-state index contributed by atoms with van der Waals surface area (Å²) < 4.78 is 6.65. The zero-order valence-corrected chi connectivity index (χ0v) is 22.0. The molecule has 0 unspecified atom stereocenters. The van der Waals surface area contributed by atoms with Crippen molar-refractivity contribution in [1.82, 2.24) is 0 Å². The fourth-order valence-electron chi connectivity index (χ4n) is 9.49. The van der Waals surface area contributed by atoms with Crippen molar-refractivity contribution in [2.45, 2.75) is 123 Å². The molecule has 0 aromatic carbocycles. The van der Waals surface area contributed by atoms with Gasteiger partial charge in [-0.1, -0.05) is 26.0 Å². The largest absolute Gasteiger partial charge is 0.481 e. The third kappa shape index (κ3) is 4.11. The first-order valence-electron chi connectivity index (χ1n) is 13.5. The number of hydrogen-bond acceptors (Lipinski definition) is 3. The molecule has 9 atom stereocenters. The highest BCUT2D eigenvalue weighted by atomic mass is 16.5. The first-order valence-corrected chi connectivity index (χ1v) is 13.5. The van der Waals surface area contributed by atoms with E-state index in [1.165, 1.54) is 37.7 Å². The first kappa shape index (κ1) is 25.2. The van der Waals surface area contributed by atoms with E-state index in [9.17, 15) is 15.0 Å². The Morgan fingerprint density at radius 2 is 1.58 bits per heavy atom. The van der Waals surface area contributed by atoms with Crippen LogP contribution in [0.4, 0.5) is 0 Å². The summed E-state index contributed by atoms with van der Waals surface area (Å²) in [4.78, 5) is 11.5. The molecule has 3 saturated carbocycles. The Bertz CT molecular complexity index is 783. The molecule has 2 N–H and O–H groups in total. The van der Waals surface area contributed by atoms with Crippen molar-refractivity contribution in [2.75, 3.05) is 0 Å². The molecule has 1 aliphatic heterocycles. The smallest absolute Gasteiger partial charge is 0.303 e. The predicted octanol–water partition coefficient (Wildman–Crippen LogP) is 6.61. The van der Waals surface area contributed by atoms with Gasteiger partial charge in [0.15, 0.2) is 0 Å². The van der Waals surface area contributed by atoms with Crippen molar-refractivity contribution < 1.29 is 19.7 Å². The molecule has 4 heteroatoms. The summed E-state index contributed by atoms with van der Waals surface area (Å²) in [5, 5.41) is 20.1. The molecule has 33 heavy (non-hydrogen) atoms. The van der Waals surface area contributed by atoms with Gasteiger partial charge in [0.2, 0.25) is 0 Å². The summed E-state index contributed by atoms with van der Waals surface area (Å²) in [5.74, 6) is 2.21. The van der Waals surface area contributed by atoms with E-state index < -0.39 is 11.6 Å². The molecule has 4 nitrogen and oxygen atoms in total. The number of allylic oxidation sites excluding steroid dienone is 1. The number of carboxylic acids is 1. The van der Waals surface area contributed by atoms with Crippen molar-refractivity contribution in [2.24, 2.45) is 40.4 Å². The molecule has 0 amide bonds. The van der Waals surface area contributed by atoms with Gasteiger partial charge in [0, 0.05) is 6.42 Å². The number of carbonyl (C=O) groups is 1. The van der Waals surface area contributed by atoms with Crippen LogP contribution in [0.25, 0.3) is 0 Å². The molecule has 0 spiro atoms. The van der Waals surface area contributed by atoms with Gasteiger partial charge in [-0.25, -0.2) is 0 Å². The quantitative estimate of drug-likeness (QED) is 0.438. The SMILES string of the molecule is C=C(C)[C@H]1CC[C@@H]2[C@H](CC[C@H]3[C@@H]([C@]4(C)CC[C@@H](C(C)(C)O)O4)CC[C@]23C)[C@@]1(C)CCC(=O)O. The Morgan fingerprint density at radius 1 is 0.970 bits per heavy atom. The maximum absolute atomic E-state index is 11.5. The zero-order chi connectivity index (χ0) is 24.4. The highest BCUT2D eigenvalue weighted by Gasteiger charge is 2.63. The van der Waals surface area contributed by atoms with Crippen LogP contribution in [0.2, 0.25) is 0 Å². The van der Waals surface area contributed by atoms with Crippen molar-refractivity contribution in [3.8, 4) is 0 Å². The average Bonchev–Trinajstić information content (AvgIpc) is 3.28. The fraction of sp³-hybridized carbons (Fsp3) is 0.897. The van der Waals surface area contributed by atoms with Gasteiger partial charge in [-0.3, -0.25) is 4.79 Å². The first-order chi connectivity index (χ1) is 15.2. The third-order valence-electron chi connectivity index (χ3n) is 11.2. The van der Waals surface area contributed by atoms with Crippen LogP contribution in [0.5, 0.6) is 0 Å². The fourth-order valence-corrected chi connectivity index (χ4v) is 9.49. The Hall–Kier alpha value is -0.870. The highest BCUT2D eigenvalue weighted by molar-refractivity contribution is 5.66. The molecule has 1 heterocycles. The minimum absolute atomic E-state index is 0.0268. The number of ether oxygens (including phenoxy) is 1. The lowest BCUT2D eigenvalue weighted by Crippen LogP contribution is -2.54. The average molecular weight is 461 g/mol. The van der Waals surface area contributed by atoms with E-state index in [1.807, 2.05) is 13.8 Å². The number of rotatable bonds is 6. The molecular weight excluding hydrogens is 412 g/mol. The van der Waals surface area contributed by atoms with E-state index in [0.717, 1.165) is 25.7 Å². The molecule has 0 aromatic heterocycles. The Balaban J connectivity index is 1.59. The second-order valence-corrected chi connectivity index (χ2v) is 13.5. The number of aliphatic hydroxyl groups is 1. The second kappa shape index (κ2) is 8.36. The predicted molar refractivity (Wildman–Crippen MR) is 132 cm³/mol. The lowest BCUT2D eigenvalue weighted by molar-refractivity contribution is -0.158. The van der Waals surface area contributed by atoms with Gasteiger partial charge in [-0.15, -0.1) is 0 Å². The van der Waals surface area contributed by atoms with Crippen LogP contribution in [-0.2, 0) is 9.53 Å². The van der Waals surface area contributed by atoms with Crippen LogP contribution in [0.3, 0.4) is 0 Å². The molecule has 4 aliphatic rings. The summed E-state index contributed by atoms with van der Waals surface area (Å²) in [6.07, 6.45) is 10.2. The maximum Gasteiger partial charge on any atom is 0.303 e. The number of hydrogen-bond donors (Lipinski definition) is 2. The van der Waals surface area contributed by atoms with E-state index in [0.29, 0.717) is 35.0 Å². The van der Waals surface area contributed by atoms with E-state index in [-0.39, 0.29) is 23.5 Å². The summed E-state index contributed by atoms with van der Waals surface area (Å²) in [6, 6.07) is 0.